The van der Waals surface area contributed by atoms with E-state index >= 15 is 0 Å². The van der Waals surface area contributed by atoms with Crippen molar-refractivity contribution in [3.63, 3.8) is 0 Å². The zero-order chi connectivity index (χ0) is 18.1. The summed E-state index contributed by atoms with van der Waals surface area (Å²) in [5.74, 6) is 0.728. The van der Waals surface area contributed by atoms with E-state index in [1.165, 1.54) is 11.1 Å². The van der Waals surface area contributed by atoms with Gasteiger partial charge in [0, 0.05) is 32.7 Å². The fourth-order valence-corrected chi connectivity index (χ4v) is 2.89. The van der Waals surface area contributed by atoms with Crippen LogP contribution < -0.4 is 10.6 Å². The van der Waals surface area contributed by atoms with Crippen LogP contribution in [0.2, 0.25) is 0 Å². The highest BCUT2D eigenvalue weighted by Crippen LogP contribution is 2.08. The molecule has 0 spiro atoms. The molecule has 0 bridgehead atoms. The van der Waals surface area contributed by atoms with Crippen molar-refractivity contribution in [1.82, 2.24) is 15.5 Å². The van der Waals surface area contributed by atoms with Crippen LogP contribution in [0.25, 0.3) is 0 Å². The molecule has 1 aromatic carbocycles. The monoisotopic (exact) mass is 476 g/mol. The lowest BCUT2D eigenvalue weighted by molar-refractivity contribution is -0.0201. The summed E-state index contributed by atoms with van der Waals surface area (Å²) in [5.41, 5.74) is 1.59. The van der Waals surface area contributed by atoms with Crippen molar-refractivity contribution in [2.75, 3.05) is 45.9 Å². The van der Waals surface area contributed by atoms with E-state index in [9.17, 15) is 5.11 Å². The molecular formula is C19H33IN4O2. The molecule has 0 aliphatic carbocycles. The van der Waals surface area contributed by atoms with E-state index in [-0.39, 0.29) is 24.0 Å². The number of guanidine groups is 1. The van der Waals surface area contributed by atoms with Crippen molar-refractivity contribution >= 4 is 29.9 Å². The van der Waals surface area contributed by atoms with Gasteiger partial charge in [-0.3, -0.25) is 4.90 Å². The van der Waals surface area contributed by atoms with Crippen LogP contribution in [0.1, 0.15) is 25.0 Å². The second kappa shape index (κ2) is 11.7. The Morgan fingerprint density at radius 2 is 2.04 bits per heavy atom. The normalized spacial score (nSPS) is 17.9. The minimum atomic E-state index is -0.823. The fraction of sp³-hybridized carbons (Fsp3) is 0.632. The second-order valence-corrected chi connectivity index (χ2v) is 6.92. The molecule has 26 heavy (non-hydrogen) atoms. The predicted octanol–water partition coefficient (Wildman–Crippen LogP) is 1.75. The molecule has 1 saturated heterocycles. The van der Waals surface area contributed by atoms with Gasteiger partial charge in [-0.25, -0.2) is 4.99 Å². The minimum absolute atomic E-state index is 0. The molecule has 0 saturated carbocycles. The third kappa shape index (κ3) is 8.66. The first kappa shape index (κ1) is 23.1. The standard InChI is InChI=1S/C19H32N4O2.HI/c1-4-20-18(21-13-17-7-5-6-16(2)12-17)22-14-19(3,24)15-23-8-10-25-11-9-23;/h5-7,12,24H,4,8-11,13-15H2,1-3H3,(H2,20,21,22);1H. The van der Waals surface area contributed by atoms with E-state index in [0.29, 0.717) is 19.6 Å². The van der Waals surface area contributed by atoms with Crippen molar-refractivity contribution in [3.05, 3.63) is 35.4 Å². The van der Waals surface area contributed by atoms with Gasteiger partial charge in [-0.1, -0.05) is 29.8 Å². The first-order valence-corrected chi connectivity index (χ1v) is 9.09. The zero-order valence-corrected chi connectivity index (χ0v) is 18.5. The topological polar surface area (TPSA) is 69.1 Å². The van der Waals surface area contributed by atoms with E-state index in [4.69, 9.17) is 4.74 Å². The van der Waals surface area contributed by atoms with E-state index in [1.807, 2.05) is 19.9 Å². The molecule has 0 aromatic heterocycles. The molecule has 1 aromatic rings. The van der Waals surface area contributed by atoms with E-state index in [0.717, 1.165) is 38.8 Å². The quantitative estimate of drug-likeness (QED) is 0.318. The van der Waals surface area contributed by atoms with Gasteiger partial charge >= 0.3 is 0 Å². The van der Waals surface area contributed by atoms with Crippen LogP contribution in [0.5, 0.6) is 0 Å². The Kier molecular flexibility index (Phi) is 10.4. The lowest BCUT2D eigenvalue weighted by Crippen LogP contribution is -2.52. The van der Waals surface area contributed by atoms with Gasteiger partial charge in [0.2, 0.25) is 0 Å². The number of aryl methyl sites for hydroxylation is 1. The summed E-state index contributed by atoms with van der Waals surface area (Å²) in [6.07, 6.45) is 0. The van der Waals surface area contributed by atoms with Gasteiger partial charge in [-0.05, 0) is 26.3 Å². The van der Waals surface area contributed by atoms with E-state index in [2.05, 4.69) is 45.6 Å². The van der Waals surface area contributed by atoms with Crippen molar-refractivity contribution in [3.8, 4) is 0 Å². The Morgan fingerprint density at radius 1 is 1.31 bits per heavy atom. The van der Waals surface area contributed by atoms with Crippen molar-refractivity contribution in [2.24, 2.45) is 4.99 Å². The molecule has 7 heteroatoms. The van der Waals surface area contributed by atoms with Crippen LogP contribution in [0.15, 0.2) is 29.3 Å². The molecular weight excluding hydrogens is 443 g/mol. The third-order valence-electron chi connectivity index (χ3n) is 4.15. The smallest absolute Gasteiger partial charge is 0.191 e. The number of hydrogen-bond donors (Lipinski definition) is 3. The number of aliphatic imine (C=N–C) groups is 1. The lowest BCUT2D eigenvalue weighted by Gasteiger charge is -2.34. The van der Waals surface area contributed by atoms with Gasteiger partial charge in [-0.2, -0.15) is 0 Å². The number of nitrogens with one attached hydrogen (secondary N) is 2. The Labute approximate surface area is 174 Å². The summed E-state index contributed by atoms with van der Waals surface area (Å²) in [7, 11) is 0. The van der Waals surface area contributed by atoms with Crippen LogP contribution >= 0.6 is 24.0 Å². The molecule has 6 nitrogen and oxygen atoms in total. The molecule has 1 unspecified atom stereocenters. The van der Waals surface area contributed by atoms with Crippen LogP contribution in [0.4, 0.5) is 0 Å². The van der Waals surface area contributed by atoms with Crippen LogP contribution in [-0.4, -0.2) is 67.5 Å². The second-order valence-electron chi connectivity index (χ2n) is 6.92. The van der Waals surface area contributed by atoms with Gasteiger partial charge in [-0.15, -0.1) is 24.0 Å². The Morgan fingerprint density at radius 3 is 2.69 bits per heavy atom. The molecule has 1 aliphatic rings. The summed E-state index contributed by atoms with van der Waals surface area (Å²) in [6, 6.07) is 8.35. The molecule has 2 rings (SSSR count). The number of halogens is 1. The first-order chi connectivity index (χ1) is 12.0. The Hall–Kier alpha value is -0.900. The lowest BCUT2D eigenvalue weighted by atomic mass is 10.1. The van der Waals surface area contributed by atoms with Crippen LogP contribution in [0, 0.1) is 6.92 Å². The number of benzene rings is 1. The zero-order valence-electron chi connectivity index (χ0n) is 16.1. The van der Waals surface area contributed by atoms with Crippen LogP contribution in [-0.2, 0) is 11.3 Å². The molecule has 148 valence electrons. The molecule has 1 heterocycles. The first-order valence-electron chi connectivity index (χ1n) is 9.09. The van der Waals surface area contributed by atoms with E-state index < -0.39 is 5.60 Å². The van der Waals surface area contributed by atoms with Crippen molar-refractivity contribution in [2.45, 2.75) is 32.9 Å². The number of aliphatic hydroxyl groups is 1. The SMILES string of the molecule is CCNC(=NCc1cccc(C)c1)NCC(C)(O)CN1CCOCC1.I. The summed E-state index contributed by atoms with van der Waals surface area (Å²) < 4.78 is 5.36. The average Bonchev–Trinajstić information content (AvgIpc) is 2.58. The third-order valence-corrected chi connectivity index (χ3v) is 4.15. The maximum Gasteiger partial charge on any atom is 0.191 e. The molecule has 1 aliphatic heterocycles. The maximum atomic E-state index is 10.7. The minimum Gasteiger partial charge on any atom is -0.387 e. The van der Waals surface area contributed by atoms with E-state index in [1.54, 1.807) is 0 Å². The highest BCUT2D eigenvalue weighted by molar-refractivity contribution is 14.0. The summed E-state index contributed by atoms with van der Waals surface area (Å²) in [4.78, 5) is 6.86. The van der Waals surface area contributed by atoms with Crippen molar-refractivity contribution in [1.29, 1.82) is 0 Å². The largest absolute Gasteiger partial charge is 0.387 e. The number of morpholine rings is 1. The van der Waals surface area contributed by atoms with Gasteiger partial charge < -0.3 is 20.5 Å². The van der Waals surface area contributed by atoms with Gasteiger partial charge in [0.1, 0.15) is 0 Å². The molecule has 1 fully saturated rings. The highest BCUT2D eigenvalue weighted by atomic mass is 127. The molecule has 3 N–H and O–H groups in total. The number of rotatable bonds is 7. The van der Waals surface area contributed by atoms with Gasteiger partial charge in [0.05, 0.1) is 25.4 Å². The number of hydrogen-bond acceptors (Lipinski definition) is 4. The summed E-state index contributed by atoms with van der Waals surface area (Å²) in [5, 5.41) is 17.2. The van der Waals surface area contributed by atoms with Gasteiger partial charge in [0.15, 0.2) is 5.96 Å². The number of ether oxygens (including phenoxy) is 1. The highest BCUT2D eigenvalue weighted by Gasteiger charge is 2.25. The van der Waals surface area contributed by atoms with Gasteiger partial charge in [0.25, 0.3) is 0 Å². The molecule has 0 radical (unpaired) electrons. The number of β-amino-alcohol motifs (C(OH)–C–C–N with tert-alkyl or cyclic N) is 1. The van der Waals surface area contributed by atoms with Crippen molar-refractivity contribution < 1.29 is 9.84 Å². The fourth-order valence-electron chi connectivity index (χ4n) is 2.89. The average molecular weight is 476 g/mol. The summed E-state index contributed by atoms with van der Waals surface area (Å²) in [6.45, 7) is 11.7. The molecule has 0 amide bonds. The maximum absolute atomic E-state index is 10.7. The Bertz CT molecular complexity index is 560. The van der Waals surface area contributed by atoms with Crippen LogP contribution in [0.3, 0.4) is 0 Å². The molecule has 1 atom stereocenters. The number of nitrogens with zero attached hydrogens (tertiary/aromatic N) is 2. The predicted molar refractivity (Wildman–Crippen MR) is 117 cm³/mol. The Balaban J connectivity index is 0.00000338. The summed E-state index contributed by atoms with van der Waals surface area (Å²) >= 11 is 0.